The van der Waals surface area contributed by atoms with E-state index >= 15 is 0 Å². The van der Waals surface area contributed by atoms with Crippen LogP contribution in [-0.4, -0.2) is 69.7 Å². The number of nitrogens with one attached hydrogen (secondary N) is 4. The number of methoxy groups -OCH3 is 2. The van der Waals surface area contributed by atoms with Crippen LogP contribution in [0.1, 0.15) is 42.4 Å². The topological polar surface area (TPSA) is 195 Å². The van der Waals surface area contributed by atoms with Crippen molar-refractivity contribution >= 4 is 49.8 Å². The van der Waals surface area contributed by atoms with Gasteiger partial charge in [-0.1, -0.05) is 6.07 Å². The quantitative estimate of drug-likeness (QED) is 0.306. The number of fused-ring (bicyclic) bond motifs is 3. The SMILES string of the molecule is COC([NH-])=O.COC([NH-])=O.O=[C-]Pc1ncc(Cc2ccc3nc([C@@H]4C5CCC(C5)N4[C-]=O)[nH]c3c2)[nH]1.[V+2].[V+2]. The van der Waals surface area contributed by atoms with Crippen LogP contribution in [0.3, 0.4) is 0 Å². The van der Waals surface area contributed by atoms with E-state index in [1.54, 1.807) is 6.20 Å². The number of piperidine rings is 1. The number of likely N-dealkylation sites (tertiary alicyclic amines) is 1. The van der Waals surface area contributed by atoms with Crippen LogP contribution in [0.15, 0.2) is 24.4 Å². The number of rotatable bonds is 6. The fraction of sp³-hybridized carbons (Fsp3) is 0.391. The van der Waals surface area contributed by atoms with Gasteiger partial charge in [-0.25, -0.2) is 16.0 Å². The molecule has 2 aliphatic rings. The van der Waals surface area contributed by atoms with E-state index in [4.69, 9.17) is 16.5 Å². The van der Waals surface area contributed by atoms with Crippen LogP contribution in [0.5, 0.6) is 0 Å². The van der Waals surface area contributed by atoms with Crippen LogP contribution in [0.2, 0.25) is 0 Å². The molecule has 4 atom stereocenters. The van der Waals surface area contributed by atoms with Crippen molar-refractivity contribution in [1.29, 1.82) is 0 Å². The molecule has 2 aromatic heterocycles. The molecular formula is C23H26N7O6PV2. The van der Waals surface area contributed by atoms with Gasteiger partial charge in [-0.15, -0.1) is 0 Å². The summed E-state index contributed by atoms with van der Waals surface area (Å²) in [6.07, 6.45) is 5.88. The molecule has 2 fully saturated rings. The molecular weight excluding hydrogens is 603 g/mol. The van der Waals surface area contributed by atoms with Crippen molar-refractivity contribution < 1.29 is 65.8 Å². The first-order valence-corrected chi connectivity index (χ1v) is 12.2. The minimum atomic E-state index is -0.995. The Morgan fingerprint density at radius 1 is 1.13 bits per heavy atom. The zero-order chi connectivity index (χ0) is 26.9. The van der Waals surface area contributed by atoms with Gasteiger partial charge in [-0.3, -0.25) is 9.59 Å². The van der Waals surface area contributed by atoms with Crippen LogP contribution >= 0.6 is 8.58 Å². The maximum Gasteiger partial charge on any atom is 2.00 e. The first kappa shape index (κ1) is 34.2. The van der Waals surface area contributed by atoms with Gasteiger partial charge in [-0.05, 0) is 42.9 Å². The third-order valence-corrected chi connectivity index (χ3v) is 6.69. The van der Waals surface area contributed by atoms with Gasteiger partial charge in [0, 0.05) is 24.4 Å². The van der Waals surface area contributed by atoms with Crippen LogP contribution in [0.25, 0.3) is 22.5 Å². The zero-order valence-corrected chi connectivity index (χ0v) is 24.8. The fourth-order valence-electron chi connectivity index (χ4n) is 4.58. The van der Waals surface area contributed by atoms with Crippen molar-refractivity contribution in [1.82, 2.24) is 24.8 Å². The molecule has 1 aromatic carbocycles. The number of H-pyrrole nitrogens is 2. The minimum Gasteiger partial charge on any atom is -0.632 e. The van der Waals surface area contributed by atoms with Gasteiger partial charge >= 0.3 is 37.1 Å². The first-order valence-electron chi connectivity index (χ1n) is 11.2. The van der Waals surface area contributed by atoms with Gasteiger partial charge < -0.3 is 45.4 Å². The number of benzene rings is 1. The summed E-state index contributed by atoms with van der Waals surface area (Å²) < 4.78 is 7.56. The fourth-order valence-corrected chi connectivity index (χ4v) is 5.03. The van der Waals surface area contributed by atoms with Crippen LogP contribution in [-0.2, 0) is 62.6 Å². The molecule has 3 amide bonds. The number of amides is 3. The molecule has 5 rings (SSSR count). The smallest absolute Gasteiger partial charge is 0.632 e. The van der Waals surface area contributed by atoms with Crippen molar-refractivity contribution in [2.45, 2.75) is 37.8 Å². The van der Waals surface area contributed by atoms with E-state index in [-0.39, 0.29) is 51.7 Å². The second kappa shape index (κ2) is 16.3. The number of nitrogens with zero attached hydrogens (tertiary/aromatic N) is 3. The molecule has 39 heavy (non-hydrogen) atoms. The molecule has 1 aliphatic heterocycles. The molecule has 1 aliphatic carbocycles. The number of ether oxygens (including phenoxy) is 2. The largest absolute Gasteiger partial charge is 2.00 e. The van der Waals surface area contributed by atoms with Gasteiger partial charge in [0.2, 0.25) is 12.2 Å². The molecule has 204 valence electrons. The molecule has 3 aromatic rings. The number of hydrogen-bond acceptors (Lipinski definition) is 8. The predicted molar refractivity (Wildman–Crippen MR) is 136 cm³/mol. The second-order valence-corrected chi connectivity index (χ2v) is 9.22. The van der Waals surface area contributed by atoms with E-state index in [1.165, 1.54) is 0 Å². The number of aromatic nitrogens is 4. The van der Waals surface area contributed by atoms with Crippen molar-refractivity contribution in [2.24, 2.45) is 5.92 Å². The Hall–Kier alpha value is -2.82. The molecule has 2 bridgehead atoms. The normalized spacial score (nSPS) is 18.6. The number of carbonyl (C=O) groups is 2. The van der Waals surface area contributed by atoms with Crippen molar-refractivity contribution in [3.05, 3.63) is 52.9 Å². The van der Waals surface area contributed by atoms with Crippen molar-refractivity contribution in [2.75, 3.05) is 14.2 Å². The molecule has 13 nitrogen and oxygen atoms in total. The predicted octanol–water partition coefficient (Wildman–Crippen LogP) is 3.45. The van der Waals surface area contributed by atoms with Crippen molar-refractivity contribution in [3.63, 3.8) is 0 Å². The van der Waals surface area contributed by atoms with E-state index in [2.05, 4.69) is 36.9 Å². The summed E-state index contributed by atoms with van der Waals surface area (Å²) in [6, 6.07) is 8.35. The van der Waals surface area contributed by atoms with Gasteiger partial charge in [-0.2, -0.15) is 15.0 Å². The summed E-state index contributed by atoms with van der Waals surface area (Å²) in [4.78, 5) is 57.8. The van der Waals surface area contributed by atoms with E-state index in [9.17, 15) is 19.2 Å². The average molecular weight is 629 g/mol. The van der Waals surface area contributed by atoms with E-state index in [0.29, 0.717) is 23.9 Å². The van der Waals surface area contributed by atoms with E-state index < -0.39 is 12.2 Å². The van der Waals surface area contributed by atoms with Crippen LogP contribution < -0.4 is 5.57 Å². The number of hydrogen-bond donors (Lipinski definition) is 2. The third kappa shape index (κ3) is 9.12. The van der Waals surface area contributed by atoms with Crippen molar-refractivity contribution in [3.8, 4) is 0 Å². The Morgan fingerprint density at radius 3 is 2.38 bits per heavy atom. The summed E-state index contributed by atoms with van der Waals surface area (Å²) in [5.41, 5.74) is 16.6. The zero-order valence-electron chi connectivity index (χ0n) is 21.1. The second-order valence-electron chi connectivity index (χ2n) is 8.29. The summed E-state index contributed by atoms with van der Waals surface area (Å²) in [7, 11) is 2.26. The monoisotopic (exact) mass is 629 g/mol. The Balaban J connectivity index is 0.000000550. The number of carbonyl (C=O) groups excluding carboxylic acids is 4. The van der Waals surface area contributed by atoms with E-state index in [1.807, 2.05) is 23.1 Å². The summed E-state index contributed by atoms with van der Waals surface area (Å²) >= 11 is 0. The maximum absolute atomic E-state index is 11.4. The standard InChI is InChI=1S/C19H18N5O2P.2C2H5NO2.2V/c25-9-24-14-3-2-12(7-14)17(24)18-22-15-4-1-11(6-16(15)23-18)5-13-8-20-19(21-13)27-10-26;2*1-5-2(3)4;;/h1,4,6,8,12,14,17,27H,2-3,5,7H2,(H,20,21)(H,22,23);2*1H3,(H2,3,4);;/q-2;;;2*+2/p-2/t12?,14?,17-;;;;/m0..../s1. The molecule has 1 saturated carbocycles. The Morgan fingerprint density at radius 2 is 1.79 bits per heavy atom. The molecule has 1 saturated heterocycles. The van der Waals surface area contributed by atoms with Gasteiger partial charge in [0.05, 0.1) is 36.9 Å². The third-order valence-electron chi connectivity index (χ3n) is 6.10. The molecule has 3 unspecified atom stereocenters. The van der Waals surface area contributed by atoms with Crippen LogP contribution in [0, 0.1) is 5.92 Å². The summed E-state index contributed by atoms with van der Waals surface area (Å²) in [5, 5.41) is 0. The van der Waals surface area contributed by atoms with Gasteiger partial charge in [0.25, 0.3) is 0 Å². The van der Waals surface area contributed by atoms with Gasteiger partial charge in [0.15, 0.2) is 0 Å². The molecule has 2 radical (unpaired) electrons. The minimum absolute atomic E-state index is 0. The number of aromatic amines is 2. The Kier molecular flexibility index (Phi) is 14.3. The summed E-state index contributed by atoms with van der Waals surface area (Å²) in [5.74, 6) is 1.35. The Labute approximate surface area is 250 Å². The van der Waals surface area contributed by atoms with Gasteiger partial charge in [0.1, 0.15) is 5.82 Å². The number of imidazole rings is 2. The average Bonchev–Trinajstić information content (AvgIpc) is 3.68. The molecule has 3 heterocycles. The molecule has 4 N–H and O–H groups in total. The molecule has 16 heteroatoms. The Bertz CT molecular complexity index is 1240. The van der Waals surface area contributed by atoms with Crippen LogP contribution in [0.4, 0.5) is 9.59 Å². The summed E-state index contributed by atoms with van der Waals surface area (Å²) in [6.45, 7) is 0. The van der Waals surface area contributed by atoms with E-state index in [0.717, 1.165) is 61.6 Å². The first-order chi connectivity index (χ1) is 17.8. The maximum atomic E-state index is 11.4. The molecule has 0 spiro atoms.